The van der Waals surface area contributed by atoms with E-state index in [4.69, 9.17) is 0 Å². The molecule has 0 N–H and O–H groups in total. The average molecular weight is 366 g/mol. The van der Waals surface area contributed by atoms with E-state index in [1.54, 1.807) is 0 Å². The molecule has 1 aromatic rings. The van der Waals surface area contributed by atoms with E-state index < -0.39 is 0 Å². The van der Waals surface area contributed by atoms with Gasteiger partial charge < -0.3 is 4.90 Å². The van der Waals surface area contributed by atoms with Crippen molar-refractivity contribution >= 4 is 21.8 Å². The lowest BCUT2D eigenvalue weighted by molar-refractivity contribution is -0.131. The second-order valence-corrected chi connectivity index (χ2v) is 7.09. The number of halogens is 1. The minimum atomic E-state index is 0.316. The summed E-state index contributed by atoms with van der Waals surface area (Å²) >= 11 is 3.62. The summed E-state index contributed by atoms with van der Waals surface area (Å²) in [6.07, 6.45) is 2.34. The van der Waals surface area contributed by atoms with Gasteiger partial charge in [0.05, 0.1) is 6.54 Å². The van der Waals surface area contributed by atoms with Gasteiger partial charge in [-0.1, -0.05) is 34.1 Å². The van der Waals surface area contributed by atoms with Gasteiger partial charge >= 0.3 is 0 Å². The number of amides is 1. The highest BCUT2D eigenvalue weighted by molar-refractivity contribution is 9.10. The molecule has 2 saturated heterocycles. The summed E-state index contributed by atoms with van der Waals surface area (Å²) in [6.45, 7) is 7.55. The number of piperazine rings is 1. The number of carbonyl (C=O) groups is 1. The van der Waals surface area contributed by atoms with E-state index in [0.717, 1.165) is 45.8 Å². The summed E-state index contributed by atoms with van der Waals surface area (Å²) in [7, 11) is 0. The van der Waals surface area contributed by atoms with E-state index in [1.165, 1.54) is 22.9 Å². The van der Waals surface area contributed by atoms with Crippen LogP contribution in [-0.4, -0.2) is 66.4 Å². The van der Waals surface area contributed by atoms with Crippen molar-refractivity contribution in [2.45, 2.75) is 19.4 Å². The quantitative estimate of drug-likeness (QED) is 0.818. The molecule has 1 aromatic carbocycles. The van der Waals surface area contributed by atoms with Crippen LogP contribution in [0.2, 0.25) is 0 Å². The van der Waals surface area contributed by atoms with Gasteiger partial charge in [0.2, 0.25) is 5.91 Å². The summed E-state index contributed by atoms with van der Waals surface area (Å²) in [6, 6.07) is 8.41. The van der Waals surface area contributed by atoms with E-state index in [1.807, 2.05) is 4.90 Å². The van der Waals surface area contributed by atoms with Crippen molar-refractivity contribution in [3.05, 3.63) is 34.3 Å². The first kappa shape index (κ1) is 16.0. The van der Waals surface area contributed by atoms with Gasteiger partial charge in [-0.2, -0.15) is 0 Å². The van der Waals surface area contributed by atoms with Gasteiger partial charge in [-0.3, -0.25) is 14.6 Å². The second kappa shape index (κ2) is 7.57. The Morgan fingerprint density at radius 2 is 1.59 bits per heavy atom. The standard InChI is InChI=1S/C17H24BrN3O/c18-16-6-2-1-5-15(16)13-19-9-11-20(12-10-19)14-17(22)21-7-3-4-8-21/h1-2,5-6H,3-4,7-14H2. The van der Waals surface area contributed by atoms with E-state index >= 15 is 0 Å². The fraction of sp³-hybridized carbons (Fsp3) is 0.588. The maximum Gasteiger partial charge on any atom is 0.236 e. The highest BCUT2D eigenvalue weighted by Crippen LogP contribution is 2.18. The monoisotopic (exact) mass is 365 g/mol. The smallest absolute Gasteiger partial charge is 0.236 e. The van der Waals surface area contributed by atoms with Crippen LogP contribution in [0.15, 0.2) is 28.7 Å². The number of nitrogens with zero attached hydrogens (tertiary/aromatic N) is 3. The lowest BCUT2D eigenvalue weighted by Crippen LogP contribution is -2.49. The Labute approximate surface area is 141 Å². The largest absolute Gasteiger partial charge is 0.342 e. The number of likely N-dealkylation sites (tertiary alicyclic amines) is 1. The molecule has 2 fully saturated rings. The van der Waals surface area contributed by atoms with Crippen LogP contribution in [0.5, 0.6) is 0 Å². The normalized spacial score (nSPS) is 20.5. The molecule has 3 rings (SSSR count). The maximum atomic E-state index is 12.2. The third-order valence-electron chi connectivity index (χ3n) is 4.63. The van der Waals surface area contributed by atoms with Crippen LogP contribution in [0, 0.1) is 0 Å². The molecule has 2 heterocycles. The molecule has 120 valence electrons. The number of rotatable bonds is 4. The topological polar surface area (TPSA) is 26.8 Å². The zero-order chi connectivity index (χ0) is 15.4. The molecule has 0 saturated carbocycles. The minimum absolute atomic E-state index is 0.316. The van der Waals surface area contributed by atoms with Crippen molar-refractivity contribution in [1.82, 2.24) is 14.7 Å². The molecule has 0 spiro atoms. The predicted molar refractivity (Wildman–Crippen MR) is 91.7 cm³/mol. The molecule has 0 bridgehead atoms. The number of benzene rings is 1. The van der Waals surface area contributed by atoms with Crippen LogP contribution in [0.3, 0.4) is 0 Å². The van der Waals surface area contributed by atoms with E-state index in [2.05, 4.69) is 50.0 Å². The molecule has 4 nitrogen and oxygen atoms in total. The Balaban J connectivity index is 1.44. The first-order valence-corrected chi connectivity index (χ1v) is 8.97. The van der Waals surface area contributed by atoms with Gasteiger partial charge in [-0.15, -0.1) is 0 Å². The SMILES string of the molecule is O=C(CN1CCN(Cc2ccccc2Br)CC1)N1CCCC1. The van der Waals surface area contributed by atoms with Crippen LogP contribution >= 0.6 is 15.9 Å². The molecule has 0 atom stereocenters. The van der Waals surface area contributed by atoms with Crippen molar-refractivity contribution in [3.63, 3.8) is 0 Å². The molecule has 5 heteroatoms. The van der Waals surface area contributed by atoms with Crippen molar-refractivity contribution in [2.24, 2.45) is 0 Å². The summed E-state index contributed by atoms with van der Waals surface area (Å²) in [4.78, 5) is 19.0. The minimum Gasteiger partial charge on any atom is -0.342 e. The van der Waals surface area contributed by atoms with E-state index in [0.29, 0.717) is 12.5 Å². The highest BCUT2D eigenvalue weighted by Gasteiger charge is 2.23. The zero-order valence-corrected chi connectivity index (χ0v) is 14.6. The first-order valence-electron chi connectivity index (χ1n) is 8.18. The van der Waals surface area contributed by atoms with E-state index in [-0.39, 0.29) is 0 Å². The van der Waals surface area contributed by atoms with Gasteiger partial charge in [0.1, 0.15) is 0 Å². The average Bonchev–Trinajstić information content (AvgIpc) is 3.06. The molecule has 2 aliphatic heterocycles. The Bertz CT molecular complexity index is 508. The van der Waals surface area contributed by atoms with Gasteiger partial charge in [-0.05, 0) is 24.5 Å². The summed E-state index contributed by atoms with van der Waals surface area (Å²) in [5, 5.41) is 0. The van der Waals surface area contributed by atoms with Crippen molar-refractivity contribution in [3.8, 4) is 0 Å². The summed E-state index contributed by atoms with van der Waals surface area (Å²) in [5.74, 6) is 0.316. The lowest BCUT2D eigenvalue weighted by Gasteiger charge is -2.35. The number of hydrogen-bond acceptors (Lipinski definition) is 3. The molecular weight excluding hydrogens is 342 g/mol. The molecule has 0 radical (unpaired) electrons. The van der Waals surface area contributed by atoms with Crippen LogP contribution in [-0.2, 0) is 11.3 Å². The Morgan fingerprint density at radius 1 is 0.955 bits per heavy atom. The fourth-order valence-electron chi connectivity index (χ4n) is 3.23. The number of carbonyl (C=O) groups excluding carboxylic acids is 1. The predicted octanol–water partition coefficient (Wildman–Crippen LogP) is 2.19. The zero-order valence-electron chi connectivity index (χ0n) is 13.0. The first-order chi connectivity index (χ1) is 10.7. The Kier molecular flexibility index (Phi) is 5.50. The van der Waals surface area contributed by atoms with Crippen LogP contribution in [0.4, 0.5) is 0 Å². The Morgan fingerprint density at radius 3 is 2.27 bits per heavy atom. The van der Waals surface area contributed by atoms with E-state index in [9.17, 15) is 4.79 Å². The van der Waals surface area contributed by atoms with Crippen LogP contribution < -0.4 is 0 Å². The van der Waals surface area contributed by atoms with Gasteiger partial charge in [-0.25, -0.2) is 0 Å². The van der Waals surface area contributed by atoms with Crippen LogP contribution in [0.1, 0.15) is 18.4 Å². The lowest BCUT2D eigenvalue weighted by atomic mass is 10.2. The highest BCUT2D eigenvalue weighted by atomic mass is 79.9. The molecular formula is C17H24BrN3O. The summed E-state index contributed by atoms with van der Waals surface area (Å²) < 4.78 is 1.18. The molecule has 0 aromatic heterocycles. The van der Waals surface area contributed by atoms with Crippen molar-refractivity contribution < 1.29 is 4.79 Å². The van der Waals surface area contributed by atoms with Crippen molar-refractivity contribution in [2.75, 3.05) is 45.8 Å². The number of hydrogen-bond donors (Lipinski definition) is 0. The fourth-order valence-corrected chi connectivity index (χ4v) is 3.64. The van der Waals surface area contributed by atoms with Gasteiger partial charge in [0.25, 0.3) is 0 Å². The molecule has 2 aliphatic rings. The van der Waals surface area contributed by atoms with Gasteiger partial charge in [0, 0.05) is 50.3 Å². The van der Waals surface area contributed by atoms with Crippen LogP contribution in [0.25, 0.3) is 0 Å². The summed E-state index contributed by atoms with van der Waals surface area (Å²) in [5.41, 5.74) is 1.34. The molecule has 0 unspecified atom stereocenters. The maximum absolute atomic E-state index is 12.2. The molecule has 1 amide bonds. The third-order valence-corrected chi connectivity index (χ3v) is 5.41. The molecule has 0 aliphatic carbocycles. The van der Waals surface area contributed by atoms with Gasteiger partial charge in [0.15, 0.2) is 0 Å². The second-order valence-electron chi connectivity index (χ2n) is 6.23. The Hall–Kier alpha value is -0.910. The third kappa shape index (κ3) is 4.09. The van der Waals surface area contributed by atoms with Crippen molar-refractivity contribution in [1.29, 1.82) is 0 Å². The molecule has 22 heavy (non-hydrogen) atoms.